The summed E-state index contributed by atoms with van der Waals surface area (Å²) in [5.41, 5.74) is -0.768. The van der Waals surface area contributed by atoms with Crippen molar-refractivity contribution in [2.75, 3.05) is 6.54 Å². The topological polar surface area (TPSA) is 75.4 Å². The molecular weight excluding hydrogens is 302 g/mol. The second kappa shape index (κ2) is 5.62. The molecule has 6 nitrogen and oxygen atoms in total. The first-order valence-corrected chi connectivity index (χ1v) is 9.49. The van der Waals surface area contributed by atoms with Crippen LogP contribution in [0.1, 0.15) is 45.4 Å². The van der Waals surface area contributed by atoms with Gasteiger partial charge >= 0.3 is 0 Å². The van der Waals surface area contributed by atoms with Crippen LogP contribution in [-0.2, 0) is 17.1 Å². The lowest BCUT2D eigenvalue weighted by atomic mass is 9.72. The molecule has 7 heteroatoms. The zero-order valence-corrected chi connectivity index (χ0v) is 14.1. The van der Waals surface area contributed by atoms with Crippen LogP contribution in [0.3, 0.4) is 0 Å². The number of aliphatic hydroxyl groups is 1. The van der Waals surface area contributed by atoms with E-state index in [0.29, 0.717) is 6.54 Å². The van der Waals surface area contributed by atoms with Gasteiger partial charge in [-0.1, -0.05) is 12.8 Å². The summed E-state index contributed by atoms with van der Waals surface area (Å²) in [5, 5.41) is 14.7. The predicted molar refractivity (Wildman–Crippen MR) is 82.7 cm³/mol. The molecule has 1 N–H and O–H groups in total. The van der Waals surface area contributed by atoms with Crippen LogP contribution in [0.15, 0.2) is 17.3 Å². The molecule has 3 atom stereocenters. The van der Waals surface area contributed by atoms with Gasteiger partial charge in [-0.3, -0.25) is 4.68 Å². The van der Waals surface area contributed by atoms with E-state index >= 15 is 0 Å². The number of aryl methyl sites for hydroxylation is 1. The summed E-state index contributed by atoms with van der Waals surface area (Å²) < 4.78 is 28.9. The van der Waals surface area contributed by atoms with E-state index in [4.69, 9.17) is 0 Å². The van der Waals surface area contributed by atoms with Gasteiger partial charge in [0.2, 0.25) is 10.0 Å². The average Bonchev–Trinajstić information content (AvgIpc) is 3.07. The van der Waals surface area contributed by atoms with E-state index in [2.05, 4.69) is 5.10 Å². The Morgan fingerprint density at radius 1 is 1.32 bits per heavy atom. The van der Waals surface area contributed by atoms with Crippen molar-refractivity contribution in [3.63, 3.8) is 0 Å². The predicted octanol–water partition coefficient (Wildman–Crippen LogP) is 1.51. The highest BCUT2D eigenvalue weighted by Gasteiger charge is 2.47. The molecule has 22 heavy (non-hydrogen) atoms. The first-order valence-electron chi connectivity index (χ1n) is 8.05. The molecule has 3 rings (SSSR count). The molecule has 2 heterocycles. The van der Waals surface area contributed by atoms with Crippen LogP contribution in [0.5, 0.6) is 0 Å². The number of hydrogen-bond donors (Lipinski definition) is 1. The largest absolute Gasteiger partial charge is 0.390 e. The molecule has 1 aliphatic carbocycles. The molecule has 2 aliphatic rings. The number of sulfonamides is 1. The van der Waals surface area contributed by atoms with E-state index in [0.717, 1.165) is 38.5 Å². The summed E-state index contributed by atoms with van der Waals surface area (Å²) in [4.78, 5) is 0.248. The minimum Gasteiger partial charge on any atom is -0.390 e. The van der Waals surface area contributed by atoms with Crippen molar-refractivity contribution in [3.05, 3.63) is 12.4 Å². The van der Waals surface area contributed by atoms with Gasteiger partial charge in [-0.25, -0.2) is 8.42 Å². The van der Waals surface area contributed by atoms with Gasteiger partial charge in [0.1, 0.15) is 4.90 Å². The first-order chi connectivity index (χ1) is 10.3. The highest BCUT2D eigenvalue weighted by atomic mass is 32.2. The quantitative estimate of drug-likeness (QED) is 0.913. The summed E-state index contributed by atoms with van der Waals surface area (Å²) in [6.45, 7) is 2.40. The third-order valence-electron chi connectivity index (χ3n) is 5.25. The molecule has 1 aromatic heterocycles. The molecule has 0 radical (unpaired) electrons. The fourth-order valence-corrected chi connectivity index (χ4v) is 5.80. The maximum atomic E-state index is 12.9. The van der Waals surface area contributed by atoms with Gasteiger partial charge in [-0.15, -0.1) is 0 Å². The third-order valence-corrected chi connectivity index (χ3v) is 7.12. The van der Waals surface area contributed by atoms with Gasteiger partial charge in [0.25, 0.3) is 0 Å². The second-order valence-electron chi connectivity index (χ2n) is 6.88. The van der Waals surface area contributed by atoms with Gasteiger partial charge in [0, 0.05) is 31.7 Å². The number of hydrogen-bond acceptors (Lipinski definition) is 4. The van der Waals surface area contributed by atoms with Crippen molar-refractivity contribution in [2.24, 2.45) is 13.0 Å². The Labute approximate surface area is 132 Å². The fourth-order valence-electron chi connectivity index (χ4n) is 4.08. The lowest BCUT2D eigenvalue weighted by molar-refractivity contribution is -0.0527. The Morgan fingerprint density at radius 2 is 2.09 bits per heavy atom. The zero-order valence-electron chi connectivity index (χ0n) is 13.3. The summed E-state index contributed by atoms with van der Waals surface area (Å²) >= 11 is 0. The maximum Gasteiger partial charge on any atom is 0.246 e. The standard InChI is InChI=1S/C15H25N3O3S/c1-15(19)8-4-3-6-13(15)14-7-5-9-18(14)22(20,21)12-10-16-17(2)11-12/h10-11,13-14,19H,3-9H2,1-2H3/t13-,14+,15+/m0/s1. The van der Waals surface area contributed by atoms with E-state index < -0.39 is 15.6 Å². The molecule has 0 bridgehead atoms. The van der Waals surface area contributed by atoms with Crippen LogP contribution in [0.25, 0.3) is 0 Å². The first kappa shape index (κ1) is 16.0. The van der Waals surface area contributed by atoms with Gasteiger partial charge in [0.05, 0.1) is 11.8 Å². The molecule has 2 fully saturated rings. The minimum absolute atomic E-state index is 0.0233. The Hall–Kier alpha value is -0.920. The monoisotopic (exact) mass is 327 g/mol. The van der Waals surface area contributed by atoms with Crippen molar-refractivity contribution in [2.45, 2.75) is 62.0 Å². The molecule has 1 aromatic rings. The van der Waals surface area contributed by atoms with Crippen molar-refractivity contribution in [1.82, 2.24) is 14.1 Å². The molecule has 1 saturated heterocycles. The average molecular weight is 327 g/mol. The van der Waals surface area contributed by atoms with Crippen LogP contribution in [0.4, 0.5) is 0 Å². The molecule has 124 valence electrons. The maximum absolute atomic E-state index is 12.9. The van der Waals surface area contributed by atoms with Crippen molar-refractivity contribution in [1.29, 1.82) is 0 Å². The second-order valence-corrected chi connectivity index (χ2v) is 8.78. The fraction of sp³-hybridized carbons (Fsp3) is 0.800. The van der Waals surface area contributed by atoms with Crippen molar-refractivity contribution >= 4 is 10.0 Å². The zero-order chi connectivity index (χ0) is 16.0. The highest BCUT2D eigenvalue weighted by Crippen LogP contribution is 2.42. The Bertz CT molecular complexity index is 638. The summed E-state index contributed by atoms with van der Waals surface area (Å²) in [6.07, 6.45) is 8.39. The van der Waals surface area contributed by atoms with E-state index in [1.807, 2.05) is 6.92 Å². The lowest BCUT2D eigenvalue weighted by Gasteiger charge is -2.43. The molecule has 0 amide bonds. The molecule has 0 spiro atoms. The normalized spacial score (nSPS) is 34.1. The van der Waals surface area contributed by atoms with E-state index in [-0.39, 0.29) is 16.9 Å². The van der Waals surface area contributed by atoms with E-state index in [9.17, 15) is 13.5 Å². The summed E-state index contributed by atoms with van der Waals surface area (Å²) in [6, 6.07) is -0.0968. The van der Waals surface area contributed by atoms with Gasteiger partial charge < -0.3 is 5.11 Å². The van der Waals surface area contributed by atoms with Crippen LogP contribution in [0, 0.1) is 5.92 Å². The molecule has 1 saturated carbocycles. The summed E-state index contributed by atoms with van der Waals surface area (Å²) in [7, 11) is -1.81. The Morgan fingerprint density at radius 3 is 2.73 bits per heavy atom. The van der Waals surface area contributed by atoms with Gasteiger partial charge in [-0.05, 0) is 32.6 Å². The van der Waals surface area contributed by atoms with Crippen LogP contribution < -0.4 is 0 Å². The molecular formula is C15H25N3O3S. The lowest BCUT2D eigenvalue weighted by Crippen LogP contribution is -2.50. The minimum atomic E-state index is -3.53. The third kappa shape index (κ3) is 2.70. The smallest absolute Gasteiger partial charge is 0.246 e. The van der Waals surface area contributed by atoms with E-state index in [1.165, 1.54) is 10.9 Å². The number of aromatic nitrogens is 2. The molecule has 0 unspecified atom stereocenters. The number of nitrogens with zero attached hydrogens (tertiary/aromatic N) is 3. The molecule has 1 aliphatic heterocycles. The number of rotatable bonds is 3. The Kier molecular flexibility index (Phi) is 4.07. The van der Waals surface area contributed by atoms with Crippen molar-refractivity contribution in [3.8, 4) is 0 Å². The van der Waals surface area contributed by atoms with Crippen LogP contribution >= 0.6 is 0 Å². The SMILES string of the molecule is Cn1cc(S(=O)(=O)N2CCC[C@@H]2[C@@H]2CCCC[C@@]2(C)O)cn1. The highest BCUT2D eigenvalue weighted by molar-refractivity contribution is 7.89. The Balaban J connectivity index is 1.90. The van der Waals surface area contributed by atoms with Crippen LogP contribution in [-0.4, -0.2) is 45.8 Å². The van der Waals surface area contributed by atoms with Gasteiger partial charge in [-0.2, -0.15) is 9.40 Å². The van der Waals surface area contributed by atoms with Gasteiger partial charge in [0.15, 0.2) is 0 Å². The van der Waals surface area contributed by atoms with E-state index in [1.54, 1.807) is 17.5 Å². The van der Waals surface area contributed by atoms with Crippen LogP contribution in [0.2, 0.25) is 0 Å². The molecule has 0 aromatic carbocycles. The van der Waals surface area contributed by atoms with Crippen molar-refractivity contribution < 1.29 is 13.5 Å². The summed E-state index contributed by atoms with van der Waals surface area (Å²) in [5.74, 6) is 0.0233.